The molecule has 2 fully saturated rings. The van der Waals surface area contributed by atoms with Crippen LogP contribution in [0.1, 0.15) is 30.3 Å². The molecule has 8 nitrogen and oxygen atoms in total. The fraction of sp³-hybridized carbons (Fsp3) is 0.391. The van der Waals surface area contributed by atoms with Gasteiger partial charge in [0.15, 0.2) is 0 Å². The lowest BCUT2D eigenvalue weighted by atomic mass is 9.87. The number of nitrogens with one attached hydrogen (secondary N) is 1. The van der Waals surface area contributed by atoms with E-state index in [1.807, 2.05) is 0 Å². The molecule has 13 heteroatoms. The highest BCUT2D eigenvalue weighted by Crippen LogP contribution is 2.34. The summed E-state index contributed by atoms with van der Waals surface area (Å²) in [5, 5.41) is 6.55. The molecular formula is C23H20F5N5O3. The number of benzene rings is 1. The highest BCUT2D eigenvalue weighted by atomic mass is 19.4. The quantitative estimate of drug-likeness (QED) is 0.534. The van der Waals surface area contributed by atoms with E-state index < -0.39 is 35.8 Å². The molecule has 1 unspecified atom stereocenters. The predicted molar refractivity (Wildman–Crippen MR) is 114 cm³/mol. The van der Waals surface area contributed by atoms with Gasteiger partial charge in [-0.25, -0.2) is 13.8 Å². The second-order valence-electron chi connectivity index (χ2n) is 8.59. The molecule has 2 atom stereocenters. The Labute approximate surface area is 201 Å². The number of pyridine rings is 1. The van der Waals surface area contributed by atoms with Gasteiger partial charge in [-0.1, -0.05) is 5.16 Å². The van der Waals surface area contributed by atoms with Crippen molar-refractivity contribution in [3.05, 3.63) is 59.6 Å². The van der Waals surface area contributed by atoms with Crippen molar-refractivity contribution >= 4 is 11.7 Å². The third-order valence-electron chi connectivity index (χ3n) is 6.27. The number of rotatable bonds is 4. The zero-order valence-corrected chi connectivity index (χ0v) is 18.6. The van der Waals surface area contributed by atoms with Crippen molar-refractivity contribution in [2.24, 2.45) is 5.92 Å². The van der Waals surface area contributed by atoms with Crippen LogP contribution in [0.15, 0.2) is 41.1 Å². The number of aromatic nitrogens is 3. The van der Waals surface area contributed by atoms with Crippen LogP contribution in [0.3, 0.4) is 0 Å². The fourth-order valence-electron chi connectivity index (χ4n) is 4.56. The first-order chi connectivity index (χ1) is 17.2. The van der Waals surface area contributed by atoms with E-state index in [4.69, 9.17) is 4.74 Å². The first kappa shape index (κ1) is 24.3. The van der Waals surface area contributed by atoms with Gasteiger partial charge in [0.1, 0.15) is 17.5 Å². The summed E-state index contributed by atoms with van der Waals surface area (Å²) in [6.45, 7) is 1.25. The SMILES string of the molecule is O=C1C(C2CCOCC2)NC[C@@H](c2cc(F)cc(F)c2)N1c1ccc(-c2noc(C(F)(F)F)n2)cn1. The van der Waals surface area contributed by atoms with E-state index in [1.165, 1.54) is 23.2 Å². The number of piperazine rings is 1. The van der Waals surface area contributed by atoms with Gasteiger partial charge in [0.05, 0.1) is 12.1 Å². The lowest BCUT2D eigenvalue weighted by Crippen LogP contribution is -2.60. The normalized spacial score (nSPS) is 21.7. The summed E-state index contributed by atoms with van der Waals surface area (Å²) in [4.78, 5) is 22.6. The summed E-state index contributed by atoms with van der Waals surface area (Å²) in [5.74, 6) is -3.56. The van der Waals surface area contributed by atoms with E-state index >= 15 is 0 Å². The van der Waals surface area contributed by atoms with Gasteiger partial charge in [0, 0.05) is 37.6 Å². The van der Waals surface area contributed by atoms with Gasteiger partial charge in [-0.3, -0.25) is 9.69 Å². The molecule has 1 aromatic carbocycles. The lowest BCUT2D eigenvalue weighted by Gasteiger charge is -2.42. The van der Waals surface area contributed by atoms with Crippen molar-refractivity contribution in [3.63, 3.8) is 0 Å². The number of amides is 1. The molecule has 2 aliphatic heterocycles. The van der Waals surface area contributed by atoms with Gasteiger partial charge in [0.2, 0.25) is 11.7 Å². The predicted octanol–water partition coefficient (Wildman–Crippen LogP) is 3.90. The van der Waals surface area contributed by atoms with Gasteiger partial charge in [0.25, 0.3) is 0 Å². The Hall–Kier alpha value is -3.45. The first-order valence-corrected chi connectivity index (χ1v) is 11.2. The van der Waals surface area contributed by atoms with Gasteiger partial charge < -0.3 is 14.6 Å². The number of carbonyl (C=O) groups excluding carboxylic acids is 1. The largest absolute Gasteiger partial charge is 0.471 e. The maximum atomic E-state index is 14.0. The standard InChI is InChI=1S/C23H20F5N5O3/c24-15-7-14(8-16(25)9-15)17-11-30-19(12-3-5-35-6-4-12)21(34)33(17)18-2-1-13(10-29-18)20-31-22(36-32-20)23(26,27)28/h1-2,7-10,12,17,19,30H,3-6,11H2/t17-,19?/m0/s1. The molecule has 36 heavy (non-hydrogen) atoms. The van der Waals surface area contributed by atoms with Crippen LogP contribution in [0.4, 0.5) is 27.8 Å². The molecule has 190 valence electrons. The molecule has 3 aromatic rings. The number of hydrogen-bond donors (Lipinski definition) is 1. The summed E-state index contributed by atoms with van der Waals surface area (Å²) < 4.78 is 76.1. The molecule has 1 amide bonds. The minimum absolute atomic E-state index is 0.00154. The molecule has 0 radical (unpaired) electrons. The third-order valence-corrected chi connectivity index (χ3v) is 6.27. The molecular weight excluding hydrogens is 489 g/mol. The fourth-order valence-corrected chi connectivity index (χ4v) is 4.56. The minimum atomic E-state index is -4.79. The van der Waals surface area contributed by atoms with Gasteiger partial charge in [-0.05, 0) is 48.6 Å². The number of anilines is 1. The average molecular weight is 509 g/mol. The molecule has 2 aliphatic rings. The number of carbonyl (C=O) groups is 1. The second kappa shape index (κ2) is 9.54. The summed E-state index contributed by atoms with van der Waals surface area (Å²) >= 11 is 0. The van der Waals surface area contributed by atoms with Crippen LogP contribution in [0.5, 0.6) is 0 Å². The van der Waals surface area contributed by atoms with E-state index in [2.05, 4.69) is 25.0 Å². The summed E-state index contributed by atoms with van der Waals surface area (Å²) in [7, 11) is 0. The topological polar surface area (TPSA) is 93.4 Å². The Bertz CT molecular complexity index is 1220. The minimum Gasteiger partial charge on any atom is -0.381 e. The van der Waals surface area contributed by atoms with E-state index in [0.717, 1.165) is 18.2 Å². The van der Waals surface area contributed by atoms with Crippen molar-refractivity contribution in [2.45, 2.75) is 31.1 Å². The van der Waals surface area contributed by atoms with E-state index in [1.54, 1.807) is 0 Å². The first-order valence-electron chi connectivity index (χ1n) is 11.2. The second-order valence-corrected chi connectivity index (χ2v) is 8.59. The van der Waals surface area contributed by atoms with Crippen LogP contribution in [0.2, 0.25) is 0 Å². The van der Waals surface area contributed by atoms with Gasteiger partial charge in [-0.15, -0.1) is 0 Å². The van der Waals surface area contributed by atoms with Gasteiger partial charge in [-0.2, -0.15) is 18.2 Å². The number of hydrogen-bond acceptors (Lipinski definition) is 7. The average Bonchev–Trinajstić information content (AvgIpc) is 3.35. The van der Waals surface area contributed by atoms with Gasteiger partial charge >= 0.3 is 12.1 Å². The van der Waals surface area contributed by atoms with Crippen molar-refractivity contribution in [3.8, 4) is 11.4 Å². The summed E-state index contributed by atoms with van der Waals surface area (Å²) in [5.41, 5.74) is 0.368. The van der Waals surface area contributed by atoms with Crippen LogP contribution in [0, 0.1) is 17.6 Å². The molecule has 0 spiro atoms. The Kier molecular flexibility index (Phi) is 6.43. The van der Waals surface area contributed by atoms with Crippen LogP contribution < -0.4 is 10.2 Å². The maximum absolute atomic E-state index is 14.0. The zero-order chi connectivity index (χ0) is 25.4. The molecule has 2 saturated heterocycles. The summed E-state index contributed by atoms with van der Waals surface area (Å²) in [6, 6.07) is 4.52. The van der Waals surface area contributed by atoms with Crippen LogP contribution in [0.25, 0.3) is 11.4 Å². The summed E-state index contributed by atoms with van der Waals surface area (Å²) in [6.07, 6.45) is -2.24. The Balaban J connectivity index is 1.48. The van der Waals surface area contributed by atoms with Crippen LogP contribution in [-0.2, 0) is 15.7 Å². The van der Waals surface area contributed by atoms with E-state index in [-0.39, 0.29) is 41.1 Å². The highest BCUT2D eigenvalue weighted by Gasteiger charge is 2.42. The molecule has 4 heterocycles. The zero-order valence-electron chi connectivity index (χ0n) is 18.6. The smallest absolute Gasteiger partial charge is 0.381 e. The number of ether oxygens (including phenoxy) is 1. The van der Waals surface area contributed by atoms with Crippen molar-refractivity contribution in [1.82, 2.24) is 20.4 Å². The van der Waals surface area contributed by atoms with Crippen LogP contribution >= 0.6 is 0 Å². The number of nitrogens with zero attached hydrogens (tertiary/aromatic N) is 4. The molecule has 0 saturated carbocycles. The van der Waals surface area contributed by atoms with E-state index in [0.29, 0.717) is 26.1 Å². The monoisotopic (exact) mass is 509 g/mol. The van der Waals surface area contributed by atoms with E-state index in [9.17, 15) is 26.7 Å². The van der Waals surface area contributed by atoms with Crippen molar-refractivity contribution < 1.29 is 36.0 Å². The van der Waals surface area contributed by atoms with Crippen molar-refractivity contribution in [1.29, 1.82) is 0 Å². The lowest BCUT2D eigenvalue weighted by molar-refractivity contribution is -0.159. The third kappa shape index (κ3) is 4.80. The molecule has 0 bridgehead atoms. The molecule has 0 aliphatic carbocycles. The Morgan fingerprint density at radius 2 is 1.78 bits per heavy atom. The Morgan fingerprint density at radius 1 is 1.06 bits per heavy atom. The number of alkyl halides is 3. The molecule has 2 aromatic heterocycles. The molecule has 1 N–H and O–H groups in total. The molecule has 5 rings (SSSR count). The highest BCUT2D eigenvalue weighted by molar-refractivity contribution is 5.98. The number of halogens is 5. The van der Waals surface area contributed by atoms with Crippen molar-refractivity contribution in [2.75, 3.05) is 24.7 Å². The maximum Gasteiger partial charge on any atom is 0.471 e. The van der Waals surface area contributed by atoms with Crippen LogP contribution in [-0.4, -0.2) is 46.8 Å². The Morgan fingerprint density at radius 3 is 2.39 bits per heavy atom.